The van der Waals surface area contributed by atoms with Gasteiger partial charge in [0, 0.05) is 29.0 Å². The van der Waals surface area contributed by atoms with Crippen LogP contribution in [0.1, 0.15) is 40.1 Å². The Morgan fingerprint density at radius 3 is 2.19 bits per heavy atom. The van der Waals surface area contributed by atoms with Gasteiger partial charge in [0.05, 0.1) is 12.6 Å². The second-order valence-corrected chi connectivity index (χ2v) is 12.9. The Morgan fingerprint density at radius 1 is 0.851 bits per heavy atom. The summed E-state index contributed by atoms with van der Waals surface area (Å²) in [5.41, 5.74) is 3.62. The minimum absolute atomic E-state index is 0.00747. The molecule has 4 aromatic carbocycles. The van der Waals surface area contributed by atoms with Gasteiger partial charge in [-0.15, -0.1) is 11.8 Å². The van der Waals surface area contributed by atoms with E-state index >= 15 is 0 Å². The predicted octanol–water partition coefficient (Wildman–Crippen LogP) is 4.18. The zero-order chi connectivity index (χ0) is 33.2. The van der Waals surface area contributed by atoms with E-state index in [0.717, 1.165) is 5.56 Å². The van der Waals surface area contributed by atoms with Gasteiger partial charge in [0.25, 0.3) is 0 Å². The van der Waals surface area contributed by atoms with Crippen molar-refractivity contribution in [2.24, 2.45) is 0 Å². The molecule has 11 heteroatoms. The number of halogens is 1. The fraction of sp³-hybridized carbons (Fsp3) is 0.278. The molecule has 0 saturated carbocycles. The first-order valence-electron chi connectivity index (χ1n) is 15.2. The monoisotopic (exact) mass is 659 g/mol. The van der Waals surface area contributed by atoms with Crippen LogP contribution < -0.4 is 4.90 Å². The van der Waals surface area contributed by atoms with Crippen molar-refractivity contribution in [3.8, 4) is 16.9 Å². The number of aliphatic hydroxyl groups excluding tert-OH is 4. The zero-order valence-corrected chi connectivity index (χ0v) is 25.9. The Kier molecular flexibility index (Phi) is 9.74. The topological polar surface area (TPSA) is 148 Å². The standard InChI is InChI=1S/C36H34FNO8S/c37-24-13-10-21(11-14-24)27(40)16-17-47-35-30(38(36(35)45)25-4-2-1-3-5-25)26-15-12-23(18-28(26)41)20-6-8-22(9-7-20)34-33(44)32(43)31(42)29(19-39)46-34/h1-15,18,29-35,39,41-44H,16-17,19H2. The van der Waals surface area contributed by atoms with Gasteiger partial charge in [-0.1, -0.05) is 54.6 Å². The van der Waals surface area contributed by atoms with Crippen molar-refractivity contribution in [1.29, 1.82) is 0 Å². The molecule has 9 nitrogen and oxygen atoms in total. The summed E-state index contributed by atoms with van der Waals surface area (Å²) in [6.45, 7) is -0.521. The van der Waals surface area contributed by atoms with Crippen LogP contribution in [0.3, 0.4) is 0 Å². The normalized spacial score (nSPS) is 25.8. The summed E-state index contributed by atoms with van der Waals surface area (Å²) in [5, 5.41) is 51.0. The summed E-state index contributed by atoms with van der Waals surface area (Å²) < 4.78 is 18.9. The third kappa shape index (κ3) is 6.55. The van der Waals surface area contributed by atoms with Gasteiger partial charge in [0.1, 0.15) is 47.3 Å². The maximum atomic E-state index is 13.4. The lowest BCUT2D eigenvalue weighted by Gasteiger charge is -2.47. The summed E-state index contributed by atoms with van der Waals surface area (Å²) in [4.78, 5) is 27.7. The molecule has 1 amide bonds. The molecule has 4 aromatic rings. The number of carbonyl (C=O) groups is 2. The smallest absolute Gasteiger partial charge is 0.243 e. The third-order valence-electron chi connectivity index (χ3n) is 8.69. The average molecular weight is 660 g/mol. The molecule has 6 rings (SSSR count). The van der Waals surface area contributed by atoms with Crippen molar-refractivity contribution in [3.63, 3.8) is 0 Å². The van der Waals surface area contributed by atoms with Gasteiger partial charge in [-0.05, 0) is 59.2 Å². The van der Waals surface area contributed by atoms with E-state index in [2.05, 4.69) is 0 Å². The molecule has 7 unspecified atom stereocenters. The molecule has 0 spiro atoms. The van der Waals surface area contributed by atoms with Crippen LogP contribution in [0.2, 0.25) is 0 Å². The number of ether oxygens (including phenoxy) is 1. The van der Waals surface area contributed by atoms with E-state index in [4.69, 9.17) is 4.74 Å². The number of benzene rings is 4. The number of anilines is 1. The van der Waals surface area contributed by atoms with Crippen LogP contribution in [0.25, 0.3) is 11.1 Å². The molecule has 2 aliphatic heterocycles. The van der Waals surface area contributed by atoms with Gasteiger partial charge in [-0.25, -0.2) is 4.39 Å². The van der Waals surface area contributed by atoms with Crippen molar-refractivity contribution >= 4 is 29.1 Å². The van der Waals surface area contributed by atoms with Crippen LogP contribution in [0, 0.1) is 5.82 Å². The Labute approximate surface area is 274 Å². The first-order chi connectivity index (χ1) is 22.7. The second-order valence-electron chi connectivity index (χ2n) is 11.6. The Balaban J connectivity index is 1.20. The molecular formula is C36H34FNO8S. The van der Waals surface area contributed by atoms with Crippen LogP contribution in [0.15, 0.2) is 97.1 Å². The molecule has 2 heterocycles. The summed E-state index contributed by atoms with van der Waals surface area (Å²) in [5.74, 6) is -0.341. The highest BCUT2D eigenvalue weighted by Crippen LogP contribution is 2.48. The molecule has 244 valence electrons. The van der Waals surface area contributed by atoms with E-state index in [0.29, 0.717) is 33.7 Å². The summed E-state index contributed by atoms with van der Waals surface area (Å²) in [6, 6.07) is 26.2. The molecule has 7 atom stereocenters. The van der Waals surface area contributed by atoms with Crippen molar-refractivity contribution < 1.29 is 44.2 Å². The number of aliphatic hydroxyl groups is 4. The number of β-lactam (4-membered cyclic amide) rings is 1. The number of phenolic OH excluding ortho intramolecular Hbond substituents is 1. The fourth-order valence-electron chi connectivity index (χ4n) is 6.08. The molecule has 0 aliphatic carbocycles. The number of nitrogens with zero attached hydrogens (tertiary/aromatic N) is 1. The number of Topliss-reactive ketones (excluding diaryl/α,β-unsaturated/α-hetero) is 1. The number of aromatic hydroxyl groups is 1. The number of phenols is 1. The zero-order valence-electron chi connectivity index (χ0n) is 25.1. The quantitative estimate of drug-likeness (QED) is 0.125. The molecule has 2 fully saturated rings. The van der Waals surface area contributed by atoms with Crippen LogP contribution in [0.4, 0.5) is 10.1 Å². The first-order valence-corrected chi connectivity index (χ1v) is 16.2. The van der Waals surface area contributed by atoms with Gasteiger partial charge >= 0.3 is 0 Å². The Bertz CT molecular complexity index is 1720. The van der Waals surface area contributed by atoms with Crippen molar-refractivity contribution in [2.45, 2.75) is 48.2 Å². The number of para-hydroxylation sites is 1. The highest BCUT2D eigenvalue weighted by molar-refractivity contribution is 8.00. The van der Waals surface area contributed by atoms with Gasteiger partial charge in [0.2, 0.25) is 5.91 Å². The maximum Gasteiger partial charge on any atom is 0.243 e. The van der Waals surface area contributed by atoms with Crippen molar-refractivity contribution in [2.75, 3.05) is 17.3 Å². The van der Waals surface area contributed by atoms with Crippen LogP contribution >= 0.6 is 11.8 Å². The fourth-order valence-corrected chi connectivity index (χ4v) is 7.34. The molecule has 5 N–H and O–H groups in total. The van der Waals surface area contributed by atoms with E-state index in [1.807, 2.05) is 36.4 Å². The molecule has 0 radical (unpaired) electrons. The minimum atomic E-state index is -1.49. The predicted molar refractivity (Wildman–Crippen MR) is 175 cm³/mol. The highest BCUT2D eigenvalue weighted by atomic mass is 32.2. The van der Waals surface area contributed by atoms with Gasteiger partial charge < -0.3 is 35.2 Å². The minimum Gasteiger partial charge on any atom is -0.508 e. The molecular weight excluding hydrogens is 625 g/mol. The lowest BCUT2D eigenvalue weighted by Crippen LogP contribution is -2.57. The molecule has 2 aliphatic rings. The number of rotatable bonds is 10. The number of amides is 1. The van der Waals surface area contributed by atoms with Gasteiger partial charge in [-0.3, -0.25) is 9.59 Å². The van der Waals surface area contributed by atoms with E-state index in [-0.39, 0.29) is 23.9 Å². The number of hydrogen-bond acceptors (Lipinski definition) is 9. The Morgan fingerprint density at radius 2 is 1.53 bits per heavy atom. The molecule has 2 saturated heterocycles. The summed E-state index contributed by atoms with van der Waals surface area (Å²) >= 11 is 1.35. The van der Waals surface area contributed by atoms with Crippen LogP contribution in [0.5, 0.6) is 5.75 Å². The van der Waals surface area contributed by atoms with E-state index in [1.54, 1.807) is 41.3 Å². The number of ketones is 1. The molecule has 0 aromatic heterocycles. The summed E-state index contributed by atoms with van der Waals surface area (Å²) in [6.07, 6.45) is -6.14. The summed E-state index contributed by atoms with van der Waals surface area (Å²) in [7, 11) is 0. The lowest BCUT2D eigenvalue weighted by molar-refractivity contribution is -0.231. The highest BCUT2D eigenvalue weighted by Gasteiger charge is 2.50. The largest absolute Gasteiger partial charge is 0.508 e. The molecule has 47 heavy (non-hydrogen) atoms. The number of hydrogen-bond donors (Lipinski definition) is 5. The Hall–Kier alpha value is -4.10. The van der Waals surface area contributed by atoms with Crippen molar-refractivity contribution in [3.05, 3.63) is 120 Å². The van der Waals surface area contributed by atoms with Crippen molar-refractivity contribution in [1.82, 2.24) is 0 Å². The first kappa shape index (κ1) is 32.8. The van der Waals surface area contributed by atoms with Crippen LogP contribution in [-0.2, 0) is 9.53 Å². The van der Waals surface area contributed by atoms with E-state index in [9.17, 15) is 39.5 Å². The number of thioether (sulfide) groups is 1. The van der Waals surface area contributed by atoms with Crippen LogP contribution in [-0.4, -0.2) is 79.2 Å². The van der Waals surface area contributed by atoms with Gasteiger partial charge in [-0.2, -0.15) is 0 Å². The average Bonchev–Trinajstić information content (AvgIpc) is 3.09. The third-order valence-corrected chi connectivity index (χ3v) is 9.95. The second kappa shape index (κ2) is 13.9. The lowest BCUT2D eigenvalue weighted by atomic mass is 9.89. The van der Waals surface area contributed by atoms with E-state index < -0.39 is 54.2 Å². The maximum absolute atomic E-state index is 13.4. The molecule has 0 bridgehead atoms. The van der Waals surface area contributed by atoms with E-state index in [1.165, 1.54) is 36.0 Å². The van der Waals surface area contributed by atoms with Gasteiger partial charge in [0.15, 0.2) is 5.78 Å². The number of carbonyl (C=O) groups excluding carboxylic acids is 2. The SMILES string of the molecule is O=C(CCSC1C(=O)N(c2ccccc2)C1c1ccc(-c2ccc(C3OC(CO)C(O)C(O)C3O)cc2)cc1O)c1ccc(F)cc1.